The summed E-state index contributed by atoms with van der Waals surface area (Å²) in [5.41, 5.74) is 0. The molecule has 0 saturated heterocycles. The van der Waals surface area contributed by atoms with E-state index < -0.39 is 29.7 Å². The normalized spacial score (nSPS) is 11.8. The highest BCUT2D eigenvalue weighted by Crippen LogP contribution is 2.19. The van der Waals surface area contributed by atoms with Crippen molar-refractivity contribution in [3.05, 3.63) is 12.1 Å². The molecule has 0 fully saturated rings. The lowest BCUT2D eigenvalue weighted by Crippen LogP contribution is -2.41. The summed E-state index contributed by atoms with van der Waals surface area (Å²) in [6, 6.07) is 1.06. The molecule has 0 radical (unpaired) electrons. The van der Waals surface area contributed by atoms with Gasteiger partial charge in [0.05, 0.1) is 6.42 Å². The Kier molecular flexibility index (Phi) is 15.3. The molecule has 0 aliphatic heterocycles. The van der Waals surface area contributed by atoms with Crippen LogP contribution in [0.2, 0.25) is 0 Å². The van der Waals surface area contributed by atoms with E-state index in [4.69, 9.17) is 4.84 Å². The molecule has 4 N–H and O–H groups in total. The van der Waals surface area contributed by atoms with Crippen LogP contribution in [0, 0.1) is 0 Å². The Hall–Kier alpha value is -2.71. The van der Waals surface area contributed by atoms with Crippen LogP contribution in [0.25, 0.3) is 0 Å². The molecular weight excluding hydrogens is 440 g/mol. The number of carbonyl (C=O) groups excluding carboxylic acids is 2. The Labute approximate surface area is 202 Å². The third kappa shape index (κ3) is 13.1. The molecule has 1 heterocycles. The molecule has 9 heteroatoms. The Morgan fingerprint density at radius 1 is 0.824 bits per heavy atom. The first-order valence-corrected chi connectivity index (χ1v) is 12.7. The molecule has 1 amide bonds. The van der Waals surface area contributed by atoms with E-state index in [0.717, 1.165) is 31.4 Å². The third-order valence-corrected chi connectivity index (χ3v) is 5.77. The molecule has 34 heavy (non-hydrogen) atoms. The topological polar surface area (TPSA) is 138 Å². The van der Waals surface area contributed by atoms with E-state index in [1.807, 2.05) is 0 Å². The number of carboxylic acid groups (broad SMARTS) is 1. The number of unbranched alkanes of at least 4 members (excludes halogenated alkanes) is 12. The fraction of sp³-hybridized carbons (Fsp3) is 0.720. The van der Waals surface area contributed by atoms with Crippen LogP contribution >= 0.6 is 0 Å². The Morgan fingerprint density at radius 3 is 1.76 bits per heavy atom. The van der Waals surface area contributed by atoms with Crippen LogP contribution in [-0.2, 0) is 14.4 Å². The zero-order chi connectivity index (χ0) is 25.2. The standard InChI is InChI=1S/C25H42N2O7/c1-2-3-4-5-6-7-8-9-10-11-12-13-14-15-21(28)26-20(25(32)33)16-19-24(31)34-27-22(29)17-18-23(27)30/h17-18,20,29-30H,2-16,19H2,1H3,(H,26,28)(H,32,33)/t20-/m0/s1. The molecule has 0 spiro atoms. The number of nitrogens with zero attached hydrogens (tertiary/aromatic N) is 1. The second-order valence-electron chi connectivity index (χ2n) is 8.80. The molecule has 1 aromatic heterocycles. The maximum atomic E-state index is 12.1. The largest absolute Gasteiger partial charge is 0.492 e. The van der Waals surface area contributed by atoms with E-state index >= 15 is 0 Å². The number of hydrogen-bond donors (Lipinski definition) is 4. The summed E-state index contributed by atoms with van der Waals surface area (Å²) in [7, 11) is 0. The third-order valence-electron chi connectivity index (χ3n) is 5.77. The van der Waals surface area contributed by atoms with Gasteiger partial charge in [0.15, 0.2) is 0 Å². The van der Waals surface area contributed by atoms with Crippen LogP contribution in [0.15, 0.2) is 12.1 Å². The van der Waals surface area contributed by atoms with Gasteiger partial charge in [0.1, 0.15) is 6.04 Å². The van der Waals surface area contributed by atoms with Crippen molar-refractivity contribution < 1.29 is 34.5 Å². The number of rotatable bonds is 20. The smallest absolute Gasteiger partial charge is 0.333 e. The van der Waals surface area contributed by atoms with Crippen LogP contribution in [0.1, 0.15) is 110 Å². The van der Waals surface area contributed by atoms with E-state index in [1.54, 1.807) is 0 Å². The van der Waals surface area contributed by atoms with Gasteiger partial charge in [-0.2, -0.15) is 0 Å². The number of amides is 1. The van der Waals surface area contributed by atoms with Gasteiger partial charge in [-0.25, -0.2) is 9.59 Å². The maximum Gasteiger partial charge on any atom is 0.333 e. The van der Waals surface area contributed by atoms with Gasteiger partial charge < -0.3 is 25.5 Å². The van der Waals surface area contributed by atoms with Crippen molar-refractivity contribution in [1.29, 1.82) is 0 Å². The molecule has 0 bridgehead atoms. The number of aliphatic carboxylic acids is 1. The summed E-state index contributed by atoms with van der Waals surface area (Å²) >= 11 is 0. The lowest BCUT2D eigenvalue weighted by molar-refractivity contribution is -0.147. The van der Waals surface area contributed by atoms with E-state index in [-0.39, 0.29) is 25.2 Å². The summed E-state index contributed by atoms with van der Waals surface area (Å²) in [6.45, 7) is 2.23. The summed E-state index contributed by atoms with van der Waals surface area (Å²) in [5, 5.41) is 30.7. The number of aromatic nitrogens is 1. The zero-order valence-electron chi connectivity index (χ0n) is 20.5. The molecule has 0 aliphatic rings. The molecule has 0 saturated carbocycles. The van der Waals surface area contributed by atoms with Gasteiger partial charge >= 0.3 is 11.9 Å². The van der Waals surface area contributed by atoms with Crippen molar-refractivity contribution in [2.75, 3.05) is 0 Å². The average Bonchev–Trinajstić information content (AvgIpc) is 3.11. The van der Waals surface area contributed by atoms with Crippen LogP contribution in [0.3, 0.4) is 0 Å². The minimum absolute atomic E-state index is 0.165. The summed E-state index contributed by atoms with van der Waals surface area (Å²) in [5.74, 6) is -3.38. The van der Waals surface area contributed by atoms with Crippen LogP contribution in [0.5, 0.6) is 11.8 Å². The number of carbonyl (C=O) groups is 3. The Balaban J connectivity index is 2.10. The monoisotopic (exact) mass is 482 g/mol. The van der Waals surface area contributed by atoms with Gasteiger partial charge in [-0.3, -0.25) is 4.79 Å². The Bertz CT molecular complexity index is 713. The van der Waals surface area contributed by atoms with Gasteiger partial charge in [-0.1, -0.05) is 84.0 Å². The molecule has 0 aliphatic carbocycles. The fourth-order valence-corrected chi connectivity index (χ4v) is 3.73. The number of hydrogen-bond acceptors (Lipinski definition) is 6. The average molecular weight is 483 g/mol. The fourth-order valence-electron chi connectivity index (χ4n) is 3.73. The molecule has 1 aromatic rings. The highest BCUT2D eigenvalue weighted by Gasteiger charge is 2.22. The predicted octanol–water partition coefficient (Wildman–Crippen LogP) is 4.69. The van der Waals surface area contributed by atoms with E-state index in [0.29, 0.717) is 11.2 Å². The highest BCUT2D eigenvalue weighted by molar-refractivity contribution is 5.84. The molecule has 9 nitrogen and oxygen atoms in total. The first-order chi connectivity index (χ1) is 16.3. The van der Waals surface area contributed by atoms with Gasteiger partial charge in [0.2, 0.25) is 17.7 Å². The molecule has 0 unspecified atom stereocenters. The van der Waals surface area contributed by atoms with Crippen LogP contribution in [0.4, 0.5) is 0 Å². The maximum absolute atomic E-state index is 12.1. The van der Waals surface area contributed by atoms with Crippen molar-refractivity contribution in [1.82, 2.24) is 10.0 Å². The molecule has 1 atom stereocenters. The van der Waals surface area contributed by atoms with Crippen molar-refractivity contribution in [3.63, 3.8) is 0 Å². The lowest BCUT2D eigenvalue weighted by Gasteiger charge is -2.14. The van der Waals surface area contributed by atoms with Crippen molar-refractivity contribution in [3.8, 4) is 11.8 Å². The summed E-state index contributed by atoms with van der Waals surface area (Å²) < 4.78 is 0.533. The Morgan fingerprint density at radius 2 is 1.29 bits per heavy atom. The summed E-state index contributed by atoms with van der Waals surface area (Å²) in [4.78, 5) is 40.1. The summed E-state index contributed by atoms with van der Waals surface area (Å²) in [6.07, 6.45) is 15.4. The van der Waals surface area contributed by atoms with Crippen molar-refractivity contribution in [2.45, 2.75) is 116 Å². The van der Waals surface area contributed by atoms with Gasteiger partial charge in [0.25, 0.3) is 0 Å². The number of carboxylic acids is 1. The quantitative estimate of drug-likeness (QED) is 0.198. The first-order valence-electron chi connectivity index (χ1n) is 12.7. The van der Waals surface area contributed by atoms with Crippen molar-refractivity contribution in [2.24, 2.45) is 0 Å². The van der Waals surface area contributed by atoms with E-state index in [2.05, 4.69) is 12.2 Å². The minimum atomic E-state index is -1.24. The minimum Gasteiger partial charge on any atom is -0.492 e. The van der Waals surface area contributed by atoms with Crippen LogP contribution in [-0.4, -0.2) is 43.9 Å². The second kappa shape index (κ2) is 17.7. The molecule has 0 aromatic carbocycles. The molecule has 194 valence electrons. The molecular formula is C25H42N2O7. The van der Waals surface area contributed by atoms with Crippen LogP contribution < -0.4 is 10.2 Å². The first kappa shape index (κ1) is 29.3. The highest BCUT2D eigenvalue weighted by atomic mass is 16.7. The van der Waals surface area contributed by atoms with Gasteiger partial charge in [-0.15, -0.1) is 4.73 Å². The predicted molar refractivity (Wildman–Crippen MR) is 128 cm³/mol. The second-order valence-corrected chi connectivity index (χ2v) is 8.80. The molecule has 1 rings (SSSR count). The number of nitrogens with one attached hydrogen (secondary N) is 1. The SMILES string of the molecule is CCCCCCCCCCCCCCCC(=O)N[C@@H](CCC(=O)On1c(O)ccc1O)C(=O)O. The van der Waals surface area contributed by atoms with E-state index in [1.165, 1.54) is 57.8 Å². The number of aromatic hydroxyl groups is 2. The zero-order valence-corrected chi connectivity index (χ0v) is 20.5. The van der Waals surface area contributed by atoms with Crippen molar-refractivity contribution >= 4 is 17.8 Å². The lowest BCUT2D eigenvalue weighted by atomic mass is 10.0. The van der Waals surface area contributed by atoms with Gasteiger partial charge in [0, 0.05) is 18.6 Å². The van der Waals surface area contributed by atoms with Gasteiger partial charge in [-0.05, 0) is 12.8 Å². The van der Waals surface area contributed by atoms with E-state index in [9.17, 15) is 29.7 Å².